The van der Waals surface area contributed by atoms with Gasteiger partial charge < -0.3 is 5.73 Å². The molecule has 0 bridgehead atoms. The van der Waals surface area contributed by atoms with Crippen molar-refractivity contribution in [1.29, 1.82) is 0 Å². The van der Waals surface area contributed by atoms with Crippen molar-refractivity contribution in [3.8, 4) is 0 Å². The van der Waals surface area contributed by atoms with E-state index in [-0.39, 0.29) is 0 Å². The van der Waals surface area contributed by atoms with Gasteiger partial charge >= 0.3 is 0 Å². The lowest BCUT2D eigenvalue weighted by atomic mass is 10.1. The Balaban J connectivity index is 2.42. The van der Waals surface area contributed by atoms with Crippen LogP contribution in [0.4, 0.5) is 0 Å². The van der Waals surface area contributed by atoms with Gasteiger partial charge in [-0.25, -0.2) is 0 Å². The Labute approximate surface area is 89.4 Å². The number of nitrogens with two attached hydrogens (primary N) is 1. The normalized spacial score (nSPS) is 11.3. The molecule has 0 amide bonds. The van der Waals surface area contributed by atoms with Gasteiger partial charge in [-0.2, -0.15) is 0 Å². The molecule has 0 atom stereocenters. The third kappa shape index (κ3) is 2.22. The fourth-order valence-corrected chi connectivity index (χ4v) is 1.60. The van der Waals surface area contributed by atoms with E-state index >= 15 is 0 Å². The highest BCUT2D eigenvalue weighted by molar-refractivity contribution is 5.89. The van der Waals surface area contributed by atoms with Gasteiger partial charge in [0.1, 0.15) is 0 Å². The SMILES string of the molecule is NCCC=Cc1cccc2cnccc12. The van der Waals surface area contributed by atoms with Crippen LogP contribution in [0.3, 0.4) is 0 Å². The first-order valence-electron chi connectivity index (χ1n) is 5.11. The molecule has 0 unspecified atom stereocenters. The van der Waals surface area contributed by atoms with Crippen molar-refractivity contribution < 1.29 is 0 Å². The first kappa shape index (κ1) is 9.87. The van der Waals surface area contributed by atoms with Crippen molar-refractivity contribution in [2.45, 2.75) is 6.42 Å². The monoisotopic (exact) mass is 198 g/mol. The van der Waals surface area contributed by atoms with Crippen LogP contribution in [0.1, 0.15) is 12.0 Å². The molecular formula is C13H14N2. The van der Waals surface area contributed by atoms with E-state index in [0.29, 0.717) is 6.54 Å². The molecule has 0 radical (unpaired) electrons. The van der Waals surface area contributed by atoms with Crippen LogP contribution in [0, 0.1) is 0 Å². The number of aromatic nitrogens is 1. The number of rotatable bonds is 3. The van der Waals surface area contributed by atoms with Crippen molar-refractivity contribution in [3.05, 3.63) is 48.3 Å². The van der Waals surface area contributed by atoms with Gasteiger partial charge in [0.15, 0.2) is 0 Å². The summed E-state index contributed by atoms with van der Waals surface area (Å²) in [5, 5.41) is 2.41. The van der Waals surface area contributed by atoms with Crippen LogP contribution in [0.2, 0.25) is 0 Å². The molecule has 1 aromatic heterocycles. The van der Waals surface area contributed by atoms with E-state index in [0.717, 1.165) is 6.42 Å². The van der Waals surface area contributed by atoms with Crippen molar-refractivity contribution in [2.24, 2.45) is 5.73 Å². The van der Waals surface area contributed by atoms with Crippen LogP contribution in [0.5, 0.6) is 0 Å². The van der Waals surface area contributed by atoms with Crippen molar-refractivity contribution in [3.63, 3.8) is 0 Å². The van der Waals surface area contributed by atoms with E-state index in [9.17, 15) is 0 Å². The highest BCUT2D eigenvalue weighted by Gasteiger charge is 1.95. The zero-order valence-electron chi connectivity index (χ0n) is 8.56. The zero-order valence-corrected chi connectivity index (χ0v) is 8.56. The summed E-state index contributed by atoms with van der Waals surface area (Å²) < 4.78 is 0. The molecule has 2 aromatic rings. The molecule has 0 aliphatic carbocycles. The van der Waals surface area contributed by atoms with Gasteiger partial charge in [0.25, 0.3) is 0 Å². The smallest absolute Gasteiger partial charge is 0.0346 e. The summed E-state index contributed by atoms with van der Waals surface area (Å²) in [6.07, 6.45) is 8.85. The number of pyridine rings is 1. The highest BCUT2D eigenvalue weighted by atomic mass is 14.6. The van der Waals surface area contributed by atoms with Crippen LogP contribution in [-0.4, -0.2) is 11.5 Å². The fourth-order valence-electron chi connectivity index (χ4n) is 1.60. The number of nitrogens with zero attached hydrogens (tertiary/aromatic N) is 1. The third-order valence-electron chi connectivity index (χ3n) is 2.35. The second-order valence-corrected chi connectivity index (χ2v) is 3.42. The second-order valence-electron chi connectivity index (χ2n) is 3.42. The minimum atomic E-state index is 0.697. The second kappa shape index (κ2) is 4.71. The molecule has 1 aromatic carbocycles. The topological polar surface area (TPSA) is 38.9 Å². The summed E-state index contributed by atoms with van der Waals surface area (Å²) in [6.45, 7) is 0.697. The molecule has 2 nitrogen and oxygen atoms in total. The summed E-state index contributed by atoms with van der Waals surface area (Å²) >= 11 is 0. The quantitative estimate of drug-likeness (QED) is 0.823. The van der Waals surface area contributed by atoms with E-state index < -0.39 is 0 Å². The third-order valence-corrected chi connectivity index (χ3v) is 2.35. The Bertz CT molecular complexity index is 469. The number of hydrogen-bond acceptors (Lipinski definition) is 2. The van der Waals surface area contributed by atoms with Gasteiger partial charge in [-0.15, -0.1) is 0 Å². The molecule has 1 heterocycles. The predicted molar refractivity (Wildman–Crippen MR) is 64.4 cm³/mol. The minimum Gasteiger partial charge on any atom is -0.330 e. The predicted octanol–water partition coefficient (Wildman–Crippen LogP) is 2.60. The average molecular weight is 198 g/mol. The van der Waals surface area contributed by atoms with Gasteiger partial charge in [-0.05, 0) is 30.0 Å². The molecule has 2 rings (SSSR count). The largest absolute Gasteiger partial charge is 0.330 e. The molecule has 0 aliphatic rings. The summed E-state index contributed by atoms with van der Waals surface area (Å²) in [6, 6.07) is 8.27. The Morgan fingerprint density at radius 3 is 3.07 bits per heavy atom. The Morgan fingerprint density at radius 2 is 2.20 bits per heavy atom. The van der Waals surface area contributed by atoms with Gasteiger partial charge in [0, 0.05) is 17.8 Å². The van der Waals surface area contributed by atoms with Crippen molar-refractivity contribution in [1.82, 2.24) is 4.98 Å². The summed E-state index contributed by atoms with van der Waals surface area (Å²) in [5.74, 6) is 0. The van der Waals surface area contributed by atoms with Gasteiger partial charge in [0.05, 0.1) is 0 Å². The van der Waals surface area contributed by atoms with Crippen LogP contribution < -0.4 is 5.73 Å². The average Bonchev–Trinajstić information content (AvgIpc) is 2.30. The van der Waals surface area contributed by atoms with Gasteiger partial charge in [-0.3, -0.25) is 4.98 Å². The number of fused-ring (bicyclic) bond motifs is 1. The van der Waals surface area contributed by atoms with E-state index in [1.807, 2.05) is 24.5 Å². The molecule has 0 aliphatic heterocycles. The molecule has 0 spiro atoms. The summed E-state index contributed by atoms with van der Waals surface area (Å²) in [7, 11) is 0. The molecular weight excluding hydrogens is 184 g/mol. The highest BCUT2D eigenvalue weighted by Crippen LogP contribution is 2.18. The maximum atomic E-state index is 5.44. The molecule has 15 heavy (non-hydrogen) atoms. The molecule has 76 valence electrons. The van der Waals surface area contributed by atoms with Crippen LogP contribution in [-0.2, 0) is 0 Å². The minimum absolute atomic E-state index is 0.697. The van der Waals surface area contributed by atoms with Crippen LogP contribution in [0.15, 0.2) is 42.7 Å². The van der Waals surface area contributed by atoms with Gasteiger partial charge in [0.2, 0.25) is 0 Å². The number of benzene rings is 1. The van der Waals surface area contributed by atoms with Crippen molar-refractivity contribution in [2.75, 3.05) is 6.54 Å². The van der Waals surface area contributed by atoms with E-state index in [1.165, 1.54) is 16.3 Å². The fraction of sp³-hybridized carbons (Fsp3) is 0.154. The Morgan fingerprint density at radius 1 is 1.27 bits per heavy atom. The molecule has 0 saturated carbocycles. The lowest BCUT2D eigenvalue weighted by Crippen LogP contribution is -1.94. The van der Waals surface area contributed by atoms with Gasteiger partial charge in [-0.1, -0.05) is 30.4 Å². The Kier molecular flexibility index (Phi) is 3.10. The lowest BCUT2D eigenvalue weighted by molar-refractivity contribution is 1.01. The van der Waals surface area contributed by atoms with E-state index in [2.05, 4.69) is 29.3 Å². The van der Waals surface area contributed by atoms with E-state index in [4.69, 9.17) is 5.73 Å². The lowest BCUT2D eigenvalue weighted by Gasteiger charge is -2.00. The molecule has 0 fully saturated rings. The van der Waals surface area contributed by atoms with Crippen LogP contribution >= 0.6 is 0 Å². The first-order valence-corrected chi connectivity index (χ1v) is 5.11. The van der Waals surface area contributed by atoms with Crippen molar-refractivity contribution >= 4 is 16.8 Å². The van der Waals surface area contributed by atoms with E-state index in [1.54, 1.807) is 0 Å². The summed E-state index contributed by atoms with van der Waals surface area (Å²) in [5.41, 5.74) is 6.67. The standard InChI is InChI=1S/C13H14N2/c14-8-2-1-4-11-5-3-6-12-10-15-9-7-13(11)12/h1,3-7,9-10H,2,8,14H2. The number of hydrogen-bond donors (Lipinski definition) is 1. The molecule has 2 N–H and O–H groups in total. The van der Waals surface area contributed by atoms with Crippen LogP contribution in [0.25, 0.3) is 16.8 Å². The summed E-state index contributed by atoms with van der Waals surface area (Å²) in [4.78, 5) is 4.11. The molecule has 2 heteroatoms. The maximum absolute atomic E-state index is 5.44. The Hall–Kier alpha value is -1.67. The maximum Gasteiger partial charge on any atom is 0.0346 e. The molecule has 0 saturated heterocycles. The first-order chi connectivity index (χ1) is 7.42. The zero-order chi connectivity index (χ0) is 10.5.